The number of amides is 2. The lowest BCUT2D eigenvalue weighted by atomic mass is 9.88. The summed E-state index contributed by atoms with van der Waals surface area (Å²) in [6.07, 6.45) is 7.77. The molecule has 1 saturated carbocycles. The molecule has 0 bridgehead atoms. The van der Waals surface area contributed by atoms with Crippen molar-refractivity contribution < 1.29 is 18.0 Å². The summed E-state index contributed by atoms with van der Waals surface area (Å²) in [5.74, 6) is -0.00982. The second kappa shape index (κ2) is 10.2. The van der Waals surface area contributed by atoms with E-state index in [9.17, 15) is 18.0 Å². The molecular weight excluding hydrogens is 470 g/mol. The van der Waals surface area contributed by atoms with Gasteiger partial charge in [-0.05, 0) is 67.9 Å². The fourth-order valence-corrected chi connectivity index (χ4v) is 7.78. The fraction of sp³-hybridized carbons (Fsp3) is 0.520. The molecule has 1 unspecified atom stereocenters. The van der Waals surface area contributed by atoms with E-state index in [0.29, 0.717) is 22.0 Å². The van der Waals surface area contributed by atoms with Crippen LogP contribution in [0.5, 0.6) is 0 Å². The van der Waals surface area contributed by atoms with Crippen LogP contribution >= 0.6 is 11.3 Å². The van der Waals surface area contributed by atoms with Crippen LogP contribution in [0.25, 0.3) is 0 Å². The minimum atomic E-state index is -3.62. The Hall–Kier alpha value is -2.23. The molecule has 34 heavy (non-hydrogen) atoms. The summed E-state index contributed by atoms with van der Waals surface area (Å²) in [5.41, 5.74) is 1.93. The second-order valence-corrected chi connectivity index (χ2v) is 12.5. The van der Waals surface area contributed by atoms with E-state index in [-0.39, 0.29) is 22.8 Å². The first-order valence-corrected chi connectivity index (χ1v) is 14.2. The lowest BCUT2D eigenvalue weighted by Gasteiger charge is -2.30. The molecule has 2 aromatic rings. The third-order valence-electron chi connectivity index (χ3n) is 7.08. The van der Waals surface area contributed by atoms with E-state index in [1.54, 1.807) is 14.1 Å². The average molecular weight is 504 g/mol. The van der Waals surface area contributed by atoms with E-state index in [0.717, 1.165) is 61.8 Å². The number of hydrogen-bond acceptors (Lipinski definition) is 5. The van der Waals surface area contributed by atoms with Crippen molar-refractivity contribution in [3.8, 4) is 0 Å². The van der Waals surface area contributed by atoms with Crippen LogP contribution in [-0.4, -0.2) is 44.7 Å². The van der Waals surface area contributed by atoms with Crippen molar-refractivity contribution in [3.05, 3.63) is 45.8 Å². The summed E-state index contributed by atoms with van der Waals surface area (Å²) in [4.78, 5) is 26.9. The standard InChI is InChI=1S/C25H33N3O4S2/c1-16-9-14-20-21(15-16)33-25(22(20)24(30)26-2)27-23(29)17-10-12-19(13-11-17)34(31,32)28(3)18-7-5-4-6-8-18/h10-13,16,18H,4-9,14-15H2,1-3H3,(H,26,30)(H,27,29). The zero-order chi connectivity index (χ0) is 24.5. The maximum atomic E-state index is 13.1. The van der Waals surface area contributed by atoms with Gasteiger partial charge in [0, 0.05) is 30.6 Å². The lowest BCUT2D eigenvalue weighted by Crippen LogP contribution is -2.38. The SMILES string of the molecule is CNC(=O)c1c(NC(=O)c2ccc(S(=O)(=O)N(C)C3CCCCC3)cc2)sc2c1CCC(C)C2. The topological polar surface area (TPSA) is 95.6 Å². The Morgan fingerprint density at radius 1 is 1.03 bits per heavy atom. The third kappa shape index (κ3) is 4.92. The maximum Gasteiger partial charge on any atom is 0.256 e. The van der Waals surface area contributed by atoms with E-state index in [1.807, 2.05) is 0 Å². The minimum Gasteiger partial charge on any atom is -0.355 e. The number of anilines is 1. The number of nitrogens with zero attached hydrogens (tertiary/aromatic N) is 1. The molecule has 1 heterocycles. The normalized spacial score (nSPS) is 19.0. The summed E-state index contributed by atoms with van der Waals surface area (Å²) in [6, 6.07) is 6.07. The van der Waals surface area contributed by atoms with Crippen molar-refractivity contribution in [1.82, 2.24) is 9.62 Å². The molecule has 2 aliphatic rings. The van der Waals surface area contributed by atoms with Crippen LogP contribution in [0.15, 0.2) is 29.2 Å². The molecule has 1 atom stereocenters. The Kier molecular flexibility index (Phi) is 7.45. The van der Waals surface area contributed by atoms with Gasteiger partial charge in [-0.1, -0.05) is 26.2 Å². The van der Waals surface area contributed by atoms with E-state index in [1.165, 1.54) is 39.9 Å². The molecule has 0 spiro atoms. The molecule has 0 radical (unpaired) electrons. The van der Waals surface area contributed by atoms with Crippen molar-refractivity contribution in [3.63, 3.8) is 0 Å². The van der Waals surface area contributed by atoms with Crippen LogP contribution in [0, 0.1) is 5.92 Å². The van der Waals surface area contributed by atoms with Gasteiger partial charge in [-0.2, -0.15) is 4.31 Å². The van der Waals surface area contributed by atoms with Gasteiger partial charge >= 0.3 is 0 Å². The number of thiophene rings is 1. The lowest BCUT2D eigenvalue weighted by molar-refractivity contribution is 0.0963. The summed E-state index contributed by atoms with van der Waals surface area (Å²) in [5, 5.41) is 6.15. The highest BCUT2D eigenvalue weighted by Gasteiger charge is 2.30. The summed E-state index contributed by atoms with van der Waals surface area (Å²) in [6.45, 7) is 2.20. The Morgan fingerprint density at radius 2 is 1.71 bits per heavy atom. The van der Waals surface area contributed by atoms with Crippen molar-refractivity contribution in [2.45, 2.75) is 69.2 Å². The van der Waals surface area contributed by atoms with Crippen LogP contribution in [0.4, 0.5) is 5.00 Å². The Bertz CT molecular complexity index is 1170. The van der Waals surface area contributed by atoms with Gasteiger partial charge in [0.15, 0.2) is 0 Å². The number of nitrogens with one attached hydrogen (secondary N) is 2. The molecule has 7 nitrogen and oxygen atoms in total. The molecule has 0 saturated heterocycles. The largest absolute Gasteiger partial charge is 0.355 e. The number of sulfonamides is 1. The zero-order valence-corrected chi connectivity index (χ0v) is 21.7. The number of rotatable bonds is 6. The highest BCUT2D eigenvalue weighted by atomic mass is 32.2. The van der Waals surface area contributed by atoms with Crippen molar-refractivity contribution in [2.75, 3.05) is 19.4 Å². The molecule has 9 heteroatoms. The third-order valence-corrected chi connectivity index (χ3v) is 10.2. The summed E-state index contributed by atoms with van der Waals surface area (Å²) in [7, 11) is -0.383. The van der Waals surface area contributed by atoms with Gasteiger partial charge in [0.1, 0.15) is 5.00 Å². The van der Waals surface area contributed by atoms with E-state index in [4.69, 9.17) is 0 Å². The van der Waals surface area contributed by atoms with Crippen LogP contribution in [0.2, 0.25) is 0 Å². The molecule has 1 aromatic carbocycles. The van der Waals surface area contributed by atoms with Gasteiger partial charge in [-0.15, -0.1) is 11.3 Å². The van der Waals surface area contributed by atoms with Gasteiger partial charge < -0.3 is 10.6 Å². The molecular formula is C25H33N3O4S2. The number of carbonyl (C=O) groups is 2. The Balaban J connectivity index is 1.53. The first kappa shape index (κ1) is 24.9. The van der Waals surface area contributed by atoms with Crippen molar-refractivity contribution >= 4 is 38.2 Å². The summed E-state index contributed by atoms with van der Waals surface area (Å²) >= 11 is 1.46. The van der Waals surface area contributed by atoms with Gasteiger partial charge in [0.2, 0.25) is 10.0 Å². The molecule has 2 amide bonds. The van der Waals surface area contributed by atoms with Crippen molar-refractivity contribution in [1.29, 1.82) is 0 Å². The van der Waals surface area contributed by atoms with E-state index < -0.39 is 10.0 Å². The molecule has 2 aliphatic carbocycles. The monoisotopic (exact) mass is 503 g/mol. The highest BCUT2D eigenvalue weighted by Crippen LogP contribution is 2.40. The maximum absolute atomic E-state index is 13.1. The Labute approximate surface area is 206 Å². The van der Waals surface area contributed by atoms with Gasteiger partial charge in [-0.25, -0.2) is 8.42 Å². The molecule has 1 aromatic heterocycles. The van der Waals surface area contributed by atoms with E-state index in [2.05, 4.69) is 17.6 Å². The number of benzene rings is 1. The van der Waals surface area contributed by atoms with Crippen LogP contribution < -0.4 is 10.6 Å². The van der Waals surface area contributed by atoms with Gasteiger partial charge in [-0.3, -0.25) is 9.59 Å². The quantitative estimate of drug-likeness (QED) is 0.609. The smallest absolute Gasteiger partial charge is 0.256 e. The fourth-order valence-electron chi connectivity index (χ4n) is 4.96. The zero-order valence-electron chi connectivity index (χ0n) is 20.0. The predicted octanol–water partition coefficient (Wildman–Crippen LogP) is 4.44. The van der Waals surface area contributed by atoms with Crippen LogP contribution in [0.1, 0.15) is 76.6 Å². The molecule has 2 N–H and O–H groups in total. The van der Waals surface area contributed by atoms with Gasteiger partial charge in [0.25, 0.3) is 11.8 Å². The Morgan fingerprint density at radius 3 is 2.35 bits per heavy atom. The van der Waals surface area contributed by atoms with E-state index >= 15 is 0 Å². The number of carbonyl (C=O) groups excluding carboxylic acids is 2. The first-order chi connectivity index (χ1) is 16.2. The second-order valence-electron chi connectivity index (χ2n) is 9.43. The van der Waals surface area contributed by atoms with Crippen LogP contribution in [-0.2, 0) is 22.9 Å². The number of hydrogen-bond donors (Lipinski definition) is 2. The highest BCUT2D eigenvalue weighted by molar-refractivity contribution is 7.89. The molecule has 184 valence electrons. The van der Waals surface area contributed by atoms with Gasteiger partial charge in [0.05, 0.1) is 10.5 Å². The summed E-state index contributed by atoms with van der Waals surface area (Å²) < 4.78 is 27.6. The predicted molar refractivity (Wildman–Crippen MR) is 135 cm³/mol. The molecule has 1 fully saturated rings. The molecule has 4 rings (SSSR count). The molecule has 0 aliphatic heterocycles. The average Bonchev–Trinajstić information content (AvgIpc) is 3.20. The minimum absolute atomic E-state index is 0.0254. The first-order valence-electron chi connectivity index (χ1n) is 12.0. The van der Waals surface area contributed by atoms with Crippen molar-refractivity contribution in [2.24, 2.45) is 5.92 Å². The number of fused-ring (bicyclic) bond motifs is 1. The van der Waals surface area contributed by atoms with Crippen LogP contribution in [0.3, 0.4) is 0 Å².